The molecule has 1 atom stereocenters. The molecule has 1 unspecified atom stereocenters. The molecule has 8 nitrogen and oxygen atoms in total. The van der Waals surface area contributed by atoms with E-state index in [2.05, 4.69) is 15.3 Å². The van der Waals surface area contributed by atoms with Gasteiger partial charge in [-0.25, -0.2) is 9.38 Å². The molecule has 0 aromatic heterocycles. The Bertz CT molecular complexity index is 1270. The molecule has 4 rings (SSSR count). The molecule has 3 aromatic carbocycles. The van der Waals surface area contributed by atoms with Gasteiger partial charge in [-0.05, 0) is 24.3 Å². The quantitative estimate of drug-likeness (QED) is 0.421. The predicted molar refractivity (Wildman–Crippen MR) is 123 cm³/mol. The summed E-state index contributed by atoms with van der Waals surface area (Å²) >= 11 is 0. The zero-order valence-corrected chi connectivity index (χ0v) is 17.6. The molecule has 0 radical (unpaired) electrons. The highest BCUT2D eigenvalue weighted by Gasteiger charge is 2.26. The zero-order chi connectivity index (χ0) is 23.4. The van der Waals surface area contributed by atoms with Crippen molar-refractivity contribution in [2.24, 2.45) is 15.7 Å². The van der Waals surface area contributed by atoms with Gasteiger partial charge in [-0.15, -0.1) is 0 Å². The first kappa shape index (κ1) is 21.7. The molecular weight excluding hydrogens is 425 g/mol. The second-order valence-electron chi connectivity index (χ2n) is 7.00. The van der Waals surface area contributed by atoms with E-state index in [1.165, 1.54) is 19.2 Å². The molecule has 1 amide bonds. The number of nitrogens with two attached hydrogens (primary N) is 1. The molecule has 0 saturated heterocycles. The van der Waals surface area contributed by atoms with E-state index in [0.717, 1.165) is 17.2 Å². The molecule has 3 aromatic rings. The molecule has 9 heteroatoms. The number of para-hydroxylation sites is 1. The Balaban J connectivity index is 1.65. The van der Waals surface area contributed by atoms with Gasteiger partial charge < -0.3 is 20.5 Å². The number of halogens is 1. The standard InChI is InChI=1S/C24H20FN5O3/c1-32-19-13-15(11-12-17(19)25)21(26)33-24(27)30-22-23(31)28-18-10-6-5-9-16(18)20(29-22)14-7-3-2-4-8-14/h2-13,22,26H,1H3,(H2,27,30)(H,28,31). The van der Waals surface area contributed by atoms with Crippen LogP contribution >= 0.6 is 0 Å². The van der Waals surface area contributed by atoms with E-state index in [-0.39, 0.29) is 17.2 Å². The molecule has 4 N–H and O–H groups in total. The third-order valence-corrected chi connectivity index (χ3v) is 4.84. The number of nitrogens with zero attached hydrogens (tertiary/aromatic N) is 2. The number of ether oxygens (including phenoxy) is 2. The van der Waals surface area contributed by atoms with Gasteiger partial charge in [-0.1, -0.05) is 48.5 Å². The van der Waals surface area contributed by atoms with Gasteiger partial charge >= 0.3 is 0 Å². The summed E-state index contributed by atoms with van der Waals surface area (Å²) in [5.41, 5.74) is 8.78. The van der Waals surface area contributed by atoms with Crippen molar-refractivity contribution in [3.8, 4) is 5.75 Å². The van der Waals surface area contributed by atoms with Crippen LogP contribution in [0, 0.1) is 11.2 Å². The molecule has 1 aliphatic heterocycles. The second kappa shape index (κ2) is 9.31. The van der Waals surface area contributed by atoms with E-state index in [0.29, 0.717) is 11.4 Å². The number of rotatable bonds is 4. The Morgan fingerprint density at radius 2 is 1.85 bits per heavy atom. The number of benzodiazepines with no additional fused rings is 1. The van der Waals surface area contributed by atoms with Crippen molar-refractivity contribution >= 4 is 29.2 Å². The number of carbonyl (C=O) groups is 1. The number of fused-ring (bicyclic) bond motifs is 1. The molecule has 1 heterocycles. The average Bonchev–Trinajstić information content (AvgIpc) is 2.96. The van der Waals surface area contributed by atoms with Gasteiger partial charge in [0.1, 0.15) is 0 Å². The lowest BCUT2D eigenvalue weighted by Crippen LogP contribution is -2.29. The summed E-state index contributed by atoms with van der Waals surface area (Å²) < 4.78 is 23.8. The van der Waals surface area contributed by atoms with E-state index >= 15 is 0 Å². The van der Waals surface area contributed by atoms with Crippen molar-refractivity contribution in [3.05, 3.63) is 95.3 Å². The number of amidine groups is 1. The molecule has 166 valence electrons. The van der Waals surface area contributed by atoms with Crippen molar-refractivity contribution in [3.63, 3.8) is 0 Å². The molecule has 0 aliphatic carbocycles. The Morgan fingerprint density at radius 1 is 1.12 bits per heavy atom. The van der Waals surface area contributed by atoms with Crippen LogP contribution in [-0.4, -0.2) is 36.8 Å². The van der Waals surface area contributed by atoms with Gasteiger partial charge in [0.05, 0.1) is 18.5 Å². The van der Waals surface area contributed by atoms with E-state index in [4.69, 9.17) is 20.6 Å². The van der Waals surface area contributed by atoms with Crippen molar-refractivity contribution in [2.75, 3.05) is 12.4 Å². The van der Waals surface area contributed by atoms with Gasteiger partial charge in [-0.2, -0.15) is 4.99 Å². The van der Waals surface area contributed by atoms with Crippen LogP contribution in [0.5, 0.6) is 5.75 Å². The zero-order valence-electron chi connectivity index (χ0n) is 17.6. The summed E-state index contributed by atoms with van der Waals surface area (Å²) in [6.45, 7) is 0. The molecule has 0 saturated carbocycles. The van der Waals surface area contributed by atoms with Gasteiger partial charge in [-0.3, -0.25) is 10.2 Å². The average molecular weight is 445 g/mol. The lowest BCUT2D eigenvalue weighted by atomic mass is 10.0. The minimum absolute atomic E-state index is 0.0469. The van der Waals surface area contributed by atoms with E-state index in [9.17, 15) is 9.18 Å². The van der Waals surface area contributed by atoms with Crippen LogP contribution in [-0.2, 0) is 9.53 Å². The first-order valence-electron chi connectivity index (χ1n) is 9.93. The third-order valence-electron chi connectivity index (χ3n) is 4.84. The van der Waals surface area contributed by atoms with Crippen LogP contribution in [0.25, 0.3) is 0 Å². The minimum Gasteiger partial charge on any atom is -0.494 e. The summed E-state index contributed by atoms with van der Waals surface area (Å²) in [6, 6.07) is 20.0. The van der Waals surface area contributed by atoms with Crippen LogP contribution in [0.2, 0.25) is 0 Å². The van der Waals surface area contributed by atoms with Crippen LogP contribution in [0.1, 0.15) is 16.7 Å². The number of nitrogens with one attached hydrogen (secondary N) is 2. The number of anilines is 1. The second-order valence-corrected chi connectivity index (χ2v) is 7.00. The predicted octanol–water partition coefficient (Wildman–Crippen LogP) is 3.31. The molecule has 33 heavy (non-hydrogen) atoms. The fourth-order valence-electron chi connectivity index (χ4n) is 3.27. The summed E-state index contributed by atoms with van der Waals surface area (Å²) in [7, 11) is 1.31. The summed E-state index contributed by atoms with van der Waals surface area (Å²) in [5.74, 6) is -1.52. The summed E-state index contributed by atoms with van der Waals surface area (Å²) in [4.78, 5) is 21.4. The lowest BCUT2D eigenvalue weighted by Gasteiger charge is -2.10. The van der Waals surface area contributed by atoms with Gasteiger partial charge in [0.15, 0.2) is 11.6 Å². The van der Waals surface area contributed by atoms with Crippen molar-refractivity contribution < 1.29 is 18.7 Å². The number of hydrogen-bond donors (Lipinski definition) is 3. The molecule has 1 aliphatic rings. The van der Waals surface area contributed by atoms with Gasteiger partial charge in [0.2, 0.25) is 12.1 Å². The summed E-state index contributed by atoms with van der Waals surface area (Å²) in [5, 5.41) is 10.9. The van der Waals surface area contributed by atoms with E-state index in [1.54, 1.807) is 12.1 Å². The first-order valence-corrected chi connectivity index (χ1v) is 9.93. The number of hydrogen-bond acceptors (Lipinski definition) is 6. The lowest BCUT2D eigenvalue weighted by molar-refractivity contribution is -0.117. The van der Waals surface area contributed by atoms with Crippen molar-refractivity contribution in [1.29, 1.82) is 5.41 Å². The normalized spacial score (nSPS) is 15.6. The van der Waals surface area contributed by atoms with Gasteiger partial charge in [0, 0.05) is 16.7 Å². The minimum atomic E-state index is -1.25. The fourth-order valence-corrected chi connectivity index (χ4v) is 3.27. The largest absolute Gasteiger partial charge is 0.494 e. The molecule has 0 spiro atoms. The summed E-state index contributed by atoms with van der Waals surface area (Å²) in [6.07, 6.45) is -1.25. The van der Waals surface area contributed by atoms with Crippen molar-refractivity contribution in [2.45, 2.75) is 6.17 Å². The maximum Gasteiger partial charge on any atom is 0.291 e. The number of benzene rings is 3. The Labute approximate surface area is 189 Å². The fraction of sp³-hybridized carbons (Fsp3) is 0.0833. The highest BCUT2D eigenvalue weighted by molar-refractivity contribution is 6.19. The highest BCUT2D eigenvalue weighted by atomic mass is 19.1. The number of aliphatic imine (C=N–C) groups is 2. The number of amides is 1. The Hall–Kier alpha value is -4.53. The first-order chi connectivity index (χ1) is 16.0. The third kappa shape index (κ3) is 4.72. The Kier molecular flexibility index (Phi) is 6.12. The molecule has 0 bridgehead atoms. The van der Waals surface area contributed by atoms with Crippen LogP contribution in [0.15, 0.2) is 82.8 Å². The van der Waals surface area contributed by atoms with Gasteiger partial charge in [0.25, 0.3) is 11.9 Å². The van der Waals surface area contributed by atoms with E-state index < -0.39 is 23.9 Å². The van der Waals surface area contributed by atoms with Crippen molar-refractivity contribution in [1.82, 2.24) is 0 Å². The molecule has 0 fully saturated rings. The maximum absolute atomic E-state index is 13.6. The number of carbonyl (C=O) groups excluding carboxylic acids is 1. The Morgan fingerprint density at radius 3 is 2.61 bits per heavy atom. The monoisotopic (exact) mass is 445 g/mol. The van der Waals surface area contributed by atoms with E-state index in [1.807, 2.05) is 42.5 Å². The highest BCUT2D eigenvalue weighted by Crippen LogP contribution is 2.24. The maximum atomic E-state index is 13.6. The molecular formula is C24H20FN5O3. The SMILES string of the molecule is COc1cc(C(=N)OC(N)=NC2N=C(c3ccccc3)c3ccccc3NC2=O)ccc1F. The van der Waals surface area contributed by atoms with Crippen LogP contribution < -0.4 is 15.8 Å². The smallest absolute Gasteiger partial charge is 0.291 e. The van der Waals surface area contributed by atoms with Crippen LogP contribution in [0.3, 0.4) is 0 Å². The topological polar surface area (TPSA) is 122 Å². The number of methoxy groups -OCH3 is 1. The van der Waals surface area contributed by atoms with Crippen LogP contribution in [0.4, 0.5) is 10.1 Å².